The number of carbonyl (C=O) groups excluding carboxylic acids is 3. The van der Waals surface area contributed by atoms with Crippen LogP contribution in [0.15, 0.2) is 54.6 Å². The van der Waals surface area contributed by atoms with Gasteiger partial charge in [-0.1, -0.05) is 42.5 Å². The van der Waals surface area contributed by atoms with Gasteiger partial charge in [0.05, 0.1) is 11.1 Å². The predicted molar refractivity (Wildman–Crippen MR) is 119 cm³/mol. The van der Waals surface area contributed by atoms with Crippen molar-refractivity contribution in [1.82, 2.24) is 9.80 Å². The molecule has 1 heterocycles. The third-order valence-corrected chi connectivity index (χ3v) is 5.79. The van der Waals surface area contributed by atoms with Gasteiger partial charge in [-0.3, -0.25) is 9.59 Å². The minimum absolute atomic E-state index is 0.135. The summed E-state index contributed by atoms with van der Waals surface area (Å²) in [6.07, 6.45) is 3.00. The fourth-order valence-electron chi connectivity index (χ4n) is 4.17. The molecular formula is C25H30N2O4. The summed E-state index contributed by atoms with van der Waals surface area (Å²) in [6.45, 7) is 4.14. The summed E-state index contributed by atoms with van der Waals surface area (Å²) in [6, 6.07) is 16.5. The SMILES string of the molecule is C[C@H]1CCC[C@H](C)N1C(=O)COC(=O)c1ccccc1C(=O)N(C)Cc1ccccc1. The molecule has 0 bridgehead atoms. The van der Waals surface area contributed by atoms with Gasteiger partial charge < -0.3 is 14.5 Å². The van der Waals surface area contributed by atoms with Crippen LogP contribution >= 0.6 is 0 Å². The lowest BCUT2D eigenvalue weighted by Crippen LogP contribution is -2.49. The number of rotatable bonds is 6. The van der Waals surface area contributed by atoms with E-state index < -0.39 is 5.97 Å². The van der Waals surface area contributed by atoms with Crippen molar-refractivity contribution in [2.24, 2.45) is 0 Å². The Morgan fingerprint density at radius 2 is 1.52 bits per heavy atom. The van der Waals surface area contributed by atoms with Gasteiger partial charge in [0, 0.05) is 25.7 Å². The van der Waals surface area contributed by atoms with Gasteiger partial charge in [-0.15, -0.1) is 0 Å². The molecular weight excluding hydrogens is 392 g/mol. The van der Waals surface area contributed by atoms with E-state index in [1.807, 2.05) is 49.1 Å². The summed E-state index contributed by atoms with van der Waals surface area (Å²) in [7, 11) is 1.69. The largest absolute Gasteiger partial charge is 0.452 e. The summed E-state index contributed by atoms with van der Waals surface area (Å²) in [4.78, 5) is 41.8. The van der Waals surface area contributed by atoms with E-state index >= 15 is 0 Å². The van der Waals surface area contributed by atoms with Crippen molar-refractivity contribution in [3.8, 4) is 0 Å². The first-order valence-electron chi connectivity index (χ1n) is 10.7. The van der Waals surface area contributed by atoms with Crippen LogP contribution in [-0.2, 0) is 16.1 Å². The first-order chi connectivity index (χ1) is 14.9. The molecule has 164 valence electrons. The number of carbonyl (C=O) groups is 3. The standard InChI is InChI=1S/C25H30N2O4/c1-18-10-9-11-19(2)27(18)23(28)17-31-25(30)22-15-8-7-14-21(22)24(29)26(3)16-20-12-5-4-6-13-20/h4-8,12-15,18-19H,9-11,16-17H2,1-3H3/t18-,19-/m0/s1. The summed E-state index contributed by atoms with van der Waals surface area (Å²) in [5, 5.41) is 0. The average Bonchev–Trinajstić information content (AvgIpc) is 2.77. The fourth-order valence-corrected chi connectivity index (χ4v) is 4.17. The highest BCUT2D eigenvalue weighted by Gasteiger charge is 2.30. The summed E-state index contributed by atoms with van der Waals surface area (Å²) < 4.78 is 5.33. The van der Waals surface area contributed by atoms with Crippen LogP contribution in [0.3, 0.4) is 0 Å². The Morgan fingerprint density at radius 3 is 2.16 bits per heavy atom. The van der Waals surface area contributed by atoms with Crippen molar-refractivity contribution < 1.29 is 19.1 Å². The molecule has 1 aliphatic rings. The Bertz CT molecular complexity index is 918. The van der Waals surface area contributed by atoms with Gasteiger partial charge in [0.25, 0.3) is 11.8 Å². The van der Waals surface area contributed by atoms with Crippen LogP contribution in [0.1, 0.15) is 59.4 Å². The summed E-state index contributed by atoms with van der Waals surface area (Å²) in [5.41, 5.74) is 1.42. The van der Waals surface area contributed by atoms with Crippen LogP contribution in [0.2, 0.25) is 0 Å². The lowest BCUT2D eigenvalue weighted by molar-refractivity contribution is -0.140. The molecule has 6 heteroatoms. The van der Waals surface area contributed by atoms with Gasteiger partial charge in [-0.2, -0.15) is 0 Å². The Balaban J connectivity index is 1.67. The van der Waals surface area contributed by atoms with Gasteiger partial charge in [0.15, 0.2) is 6.61 Å². The van der Waals surface area contributed by atoms with Crippen LogP contribution in [0.25, 0.3) is 0 Å². The fraction of sp³-hybridized carbons (Fsp3) is 0.400. The van der Waals surface area contributed by atoms with Crippen molar-refractivity contribution in [3.63, 3.8) is 0 Å². The molecule has 0 N–H and O–H groups in total. The number of piperidine rings is 1. The third kappa shape index (κ3) is 5.51. The maximum atomic E-state index is 13.0. The van der Waals surface area contributed by atoms with Crippen LogP contribution in [-0.4, -0.2) is 53.3 Å². The summed E-state index contributed by atoms with van der Waals surface area (Å²) in [5.74, 6) is -1.14. The smallest absolute Gasteiger partial charge is 0.339 e. The Hall–Kier alpha value is -3.15. The Labute approximate surface area is 183 Å². The van der Waals surface area contributed by atoms with E-state index in [4.69, 9.17) is 4.74 Å². The second-order valence-corrected chi connectivity index (χ2v) is 8.20. The molecule has 2 aromatic carbocycles. The predicted octanol–water partition coefficient (Wildman–Crippen LogP) is 3.91. The molecule has 2 aromatic rings. The molecule has 0 spiro atoms. The molecule has 2 atom stereocenters. The number of nitrogens with zero attached hydrogens (tertiary/aromatic N) is 2. The lowest BCUT2D eigenvalue weighted by atomic mass is 9.97. The van der Waals surface area contributed by atoms with Crippen LogP contribution in [0.5, 0.6) is 0 Å². The highest BCUT2D eigenvalue weighted by Crippen LogP contribution is 2.23. The number of hydrogen-bond donors (Lipinski definition) is 0. The topological polar surface area (TPSA) is 66.9 Å². The minimum Gasteiger partial charge on any atom is -0.452 e. The molecule has 0 unspecified atom stereocenters. The van der Waals surface area contributed by atoms with Crippen LogP contribution in [0, 0.1) is 0 Å². The normalized spacial score (nSPS) is 18.4. The lowest BCUT2D eigenvalue weighted by Gasteiger charge is -2.38. The molecule has 0 aliphatic carbocycles. The number of hydrogen-bond acceptors (Lipinski definition) is 4. The van der Waals surface area contributed by atoms with Crippen molar-refractivity contribution in [1.29, 1.82) is 0 Å². The molecule has 0 radical (unpaired) electrons. The molecule has 6 nitrogen and oxygen atoms in total. The van der Waals surface area contributed by atoms with Crippen molar-refractivity contribution in [2.45, 2.75) is 51.7 Å². The number of amides is 2. The summed E-state index contributed by atoms with van der Waals surface area (Å²) >= 11 is 0. The van der Waals surface area contributed by atoms with Crippen molar-refractivity contribution in [2.75, 3.05) is 13.7 Å². The zero-order valence-corrected chi connectivity index (χ0v) is 18.4. The zero-order valence-electron chi connectivity index (χ0n) is 18.4. The highest BCUT2D eigenvalue weighted by molar-refractivity contribution is 6.05. The van der Waals surface area contributed by atoms with Crippen molar-refractivity contribution in [3.05, 3.63) is 71.3 Å². The van der Waals surface area contributed by atoms with Crippen molar-refractivity contribution >= 4 is 17.8 Å². The molecule has 1 aliphatic heterocycles. The highest BCUT2D eigenvalue weighted by atomic mass is 16.5. The second kappa shape index (κ2) is 10.2. The van der Waals surface area contributed by atoms with E-state index in [1.54, 1.807) is 36.2 Å². The van der Waals surface area contributed by atoms with Gasteiger partial charge >= 0.3 is 5.97 Å². The maximum absolute atomic E-state index is 13.0. The van der Waals surface area contributed by atoms with E-state index in [2.05, 4.69) is 0 Å². The zero-order chi connectivity index (χ0) is 22.4. The number of esters is 1. The third-order valence-electron chi connectivity index (χ3n) is 5.79. The first-order valence-corrected chi connectivity index (χ1v) is 10.7. The molecule has 0 aromatic heterocycles. The van der Waals surface area contributed by atoms with Gasteiger partial charge in [0.1, 0.15) is 0 Å². The van der Waals surface area contributed by atoms with Crippen LogP contribution in [0.4, 0.5) is 0 Å². The molecule has 1 saturated heterocycles. The number of likely N-dealkylation sites (tertiary alicyclic amines) is 1. The van der Waals surface area contributed by atoms with E-state index in [0.717, 1.165) is 24.8 Å². The quantitative estimate of drug-likeness (QED) is 0.662. The van der Waals surface area contributed by atoms with E-state index in [0.29, 0.717) is 6.54 Å². The first kappa shape index (κ1) is 22.5. The van der Waals surface area contributed by atoms with Gasteiger partial charge in [-0.25, -0.2) is 4.79 Å². The Kier molecular flexibility index (Phi) is 7.45. The minimum atomic E-state index is -0.664. The van der Waals surface area contributed by atoms with E-state index in [-0.39, 0.29) is 41.6 Å². The second-order valence-electron chi connectivity index (χ2n) is 8.20. The Morgan fingerprint density at radius 1 is 0.935 bits per heavy atom. The molecule has 2 amide bonds. The maximum Gasteiger partial charge on any atom is 0.339 e. The molecule has 3 rings (SSSR count). The molecule has 31 heavy (non-hydrogen) atoms. The van der Waals surface area contributed by atoms with Gasteiger partial charge in [-0.05, 0) is 50.8 Å². The van der Waals surface area contributed by atoms with E-state index in [9.17, 15) is 14.4 Å². The van der Waals surface area contributed by atoms with Crippen LogP contribution < -0.4 is 0 Å². The molecule has 1 fully saturated rings. The average molecular weight is 423 g/mol. The van der Waals surface area contributed by atoms with E-state index in [1.165, 1.54) is 0 Å². The monoisotopic (exact) mass is 422 g/mol. The number of benzene rings is 2. The van der Waals surface area contributed by atoms with Gasteiger partial charge in [0.2, 0.25) is 0 Å². The number of ether oxygens (including phenoxy) is 1. The molecule has 0 saturated carbocycles.